The van der Waals surface area contributed by atoms with E-state index in [9.17, 15) is 9.59 Å². The van der Waals surface area contributed by atoms with E-state index in [0.29, 0.717) is 6.61 Å². The summed E-state index contributed by atoms with van der Waals surface area (Å²) in [5.41, 5.74) is 7.35. The molecule has 8 nitrogen and oxygen atoms in total. The second-order valence-corrected chi connectivity index (χ2v) is 7.58. The van der Waals surface area contributed by atoms with Crippen molar-refractivity contribution >= 4 is 11.9 Å². The number of nitrogens with zero attached hydrogens (tertiary/aromatic N) is 2. The summed E-state index contributed by atoms with van der Waals surface area (Å²) in [4.78, 5) is 26.4. The highest BCUT2D eigenvalue weighted by Crippen LogP contribution is 2.30. The predicted octanol–water partition coefficient (Wildman–Crippen LogP) is 1.45. The first kappa shape index (κ1) is 23.7. The summed E-state index contributed by atoms with van der Waals surface area (Å²) in [5.74, 6) is -1.27. The lowest BCUT2D eigenvalue weighted by Crippen LogP contribution is -2.48. The largest absolute Gasteiger partial charge is 0.497 e. The Morgan fingerprint density at radius 3 is 2.19 bits per heavy atom. The molecule has 1 aliphatic heterocycles. The van der Waals surface area contributed by atoms with E-state index in [0.717, 1.165) is 38.5 Å². The van der Waals surface area contributed by atoms with Gasteiger partial charge in [0.2, 0.25) is 0 Å². The van der Waals surface area contributed by atoms with Gasteiger partial charge in [-0.3, -0.25) is 14.6 Å². The van der Waals surface area contributed by atoms with Crippen molar-refractivity contribution in [2.24, 2.45) is 5.73 Å². The molecule has 1 unspecified atom stereocenters. The molecular formula is C24H31N3O5. The number of amides is 1. The van der Waals surface area contributed by atoms with Crippen molar-refractivity contribution in [2.75, 3.05) is 59.7 Å². The minimum Gasteiger partial charge on any atom is -0.497 e. The average Bonchev–Trinajstić information content (AvgIpc) is 2.83. The van der Waals surface area contributed by atoms with Crippen LogP contribution in [0.2, 0.25) is 0 Å². The molecule has 0 radical (unpaired) electrons. The zero-order valence-corrected chi connectivity index (χ0v) is 18.4. The lowest BCUT2D eigenvalue weighted by atomic mass is 9.96. The Morgan fingerprint density at radius 1 is 0.906 bits per heavy atom. The average molecular weight is 442 g/mol. The molecule has 1 heterocycles. The van der Waals surface area contributed by atoms with E-state index in [1.165, 1.54) is 11.1 Å². The van der Waals surface area contributed by atoms with Gasteiger partial charge in [-0.15, -0.1) is 0 Å². The number of primary amides is 1. The molecule has 32 heavy (non-hydrogen) atoms. The smallest absolute Gasteiger partial charge is 0.396 e. The molecule has 0 spiro atoms. The van der Waals surface area contributed by atoms with Gasteiger partial charge in [-0.1, -0.05) is 42.5 Å². The number of rotatable bonds is 10. The number of ether oxygens (including phenoxy) is 3. The van der Waals surface area contributed by atoms with E-state index in [4.69, 9.17) is 15.2 Å². The van der Waals surface area contributed by atoms with Crippen LogP contribution in [0.25, 0.3) is 0 Å². The first-order valence-corrected chi connectivity index (χ1v) is 10.8. The molecule has 3 rings (SSSR count). The Balaban J connectivity index is 1.49. The molecule has 1 fully saturated rings. The number of methoxy groups -OCH3 is 1. The lowest BCUT2D eigenvalue weighted by molar-refractivity contribution is -0.154. The quantitative estimate of drug-likeness (QED) is 0.339. The van der Waals surface area contributed by atoms with Crippen LogP contribution in [0, 0.1) is 0 Å². The summed E-state index contributed by atoms with van der Waals surface area (Å²) < 4.78 is 15.5. The SMILES string of the molecule is COc1ccc(C(c2ccccc2)N2CCN(CCOCCOC(=O)C(N)=O)CC2)cc1. The van der Waals surface area contributed by atoms with Crippen molar-refractivity contribution in [1.29, 1.82) is 0 Å². The summed E-state index contributed by atoms with van der Waals surface area (Å²) in [7, 11) is 1.68. The minimum atomic E-state index is -1.09. The van der Waals surface area contributed by atoms with E-state index in [2.05, 4.69) is 50.9 Å². The highest BCUT2D eigenvalue weighted by Gasteiger charge is 2.26. The van der Waals surface area contributed by atoms with Gasteiger partial charge >= 0.3 is 11.9 Å². The summed E-state index contributed by atoms with van der Waals surface area (Å²) in [6, 6.07) is 19.1. The fourth-order valence-electron chi connectivity index (χ4n) is 3.84. The van der Waals surface area contributed by atoms with E-state index < -0.39 is 11.9 Å². The van der Waals surface area contributed by atoms with Crippen LogP contribution >= 0.6 is 0 Å². The highest BCUT2D eigenvalue weighted by molar-refractivity contribution is 6.31. The number of hydrogen-bond acceptors (Lipinski definition) is 7. The Morgan fingerprint density at radius 2 is 1.56 bits per heavy atom. The molecule has 0 aliphatic carbocycles. The first-order valence-electron chi connectivity index (χ1n) is 10.8. The number of esters is 1. The van der Waals surface area contributed by atoms with Gasteiger partial charge in [0.05, 0.1) is 26.4 Å². The van der Waals surface area contributed by atoms with Crippen LogP contribution in [0.15, 0.2) is 54.6 Å². The van der Waals surface area contributed by atoms with Crippen LogP contribution in [0.3, 0.4) is 0 Å². The molecule has 1 aliphatic rings. The molecule has 0 aromatic heterocycles. The fourth-order valence-corrected chi connectivity index (χ4v) is 3.84. The third kappa shape index (κ3) is 6.78. The molecule has 1 amide bonds. The number of carbonyl (C=O) groups is 2. The molecule has 1 saturated heterocycles. The summed E-state index contributed by atoms with van der Waals surface area (Å²) in [6.45, 7) is 5.39. The summed E-state index contributed by atoms with van der Waals surface area (Å²) >= 11 is 0. The van der Waals surface area contributed by atoms with Crippen LogP contribution in [0.5, 0.6) is 5.75 Å². The molecule has 0 bridgehead atoms. The standard InChI is InChI=1S/C24H31N3O5/c1-30-21-9-7-20(8-10-21)22(19-5-3-2-4-6-19)27-13-11-26(12-14-27)15-16-31-17-18-32-24(29)23(25)28/h2-10,22H,11-18H2,1H3,(H2,25,28). The van der Waals surface area contributed by atoms with Crippen LogP contribution in [0.1, 0.15) is 17.2 Å². The Hall–Kier alpha value is -2.94. The van der Waals surface area contributed by atoms with E-state index in [-0.39, 0.29) is 19.3 Å². The van der Waals surface area contributed by atoms with Crippen molar-refractivity contribution in [3.8, 4) is 5.75 Å². The van der Waals surface area contributed by atoms with Crippen molar-refractivity contribution in [3.05, 3.63) is 65.7 Å². The molecule has 172 valence electrons. The molecule has 2 aromatic rings. The molecule has 8 heteroatoms. The number of nitrogens with two attached hydrogens (primary N) is 1. The molecule has 2 N–H and O–H groups in total. The number of piperazine rings is 1. The van der Waals surface area contributed by atoms with Gasteiger partial charge < -0.3 is 19.9 Å². The predicted molar refractivity (Wildman–Crippen MR) is 120 cm³/mol. The van der Waals surface area contributed by atoms with Crippen molar-refractivity contribution in [2.45, 2.75) is 6.04 Å². The van der Waals surface area contributed by atoms with Gasteiger partial charge in [-0.05, 0) is 23.3 Å². The number of carbonyl (C=O) groups excluding carboxylic acids is 2. The van der Waals surface area contributed by atoms with Gasteiger partial charge in [0.25, 0.3) is 0 Å². The molecule has 0 saturated carbocycles. The zero-order valence-electron chi connectivity index (χ0n) is 18.4. The van der Waals surface area contributed by atoms with Crippen molar-refractivity contribution in [3.63, 3.8) is 0 Å². The van der Waals surface area contributed by atoms with Gasteiger partial charge in [-0.25, -0.2) is 4.79 Å². The van der Waals surface area contributed by atoms with Gasteiger partial charge in [0.1, 0.15) is 12.4 Å². The third-order valence-corrected chi connectivity index (χ3v) is 5.53. The molecular weight excluding hydrogens is 410 g/mol. The highest BCUT2D eigenvalue weighted by atomic mass is 16.6. The normalized spacial score (nSPS) is 15.8. The van der Waals surface area contributed by atoms with Crippen LogP contribution in [-0.2, 0) is 19.1 Å². The van der Waals surface area contributed by atoms with Crippen LogP contribution in [0.4, 0.5) is 0 Å². The van der Waals surface area contributed by atoms with Crippen LogP contribution < -0.4 is 10.5 Å². The molecule has 1 atom stereocenters. The fraction of sp³-hybridized carbons (Fsp3) is 0.417. The van der Waals surface area contributed by atoms with Crippen molar-refractivity contribution in [1.82, 2.24) is 9.80 Å². The van der Waals surface area contributed by atoms with Crippen molar-refractivity contribution < 1.29 is 23.8 Å². The third-order valence-electron chi connectivity index (χ3n) is 5.53. The Labute approximate surface area is 188 Å². The van der Waals surface area contributed by atoms with Gasteiger partial charge in [0.15, 0.2) is 0 Å². The minimum absolute atomic E-state index is 0.0240. The van der Waals surface area contributed by atoms with Gasteiger partial charge in [0, 0.05) is 32.7 Å². The Bertz CT molecular complexity index is 852. The number of hydrogen-bond donors (Lipinski definition) is 1. The lowest BCUT2D eigenvalue weighted by Gasteiger charge is -2.39. The van der Waals surface area contributed by atoms with E-state index in [1.807, 2.05) is 18.2 Å². The maximum absolute atomic E-state index is 11.0. The van der Waals surface area contributed by atoms with E-state index >= 15 is 0 Å². The monoisotopic (exact) mass is 441 g/mol. The second kappa shape index (κ2) is 12.2. The maximum Gasteiger partial charge on any atom is 0.396 e. The topological polar surface area (TPSA) is 94.3 Å². The second-order valence-electron chi connectivity index (χ2n) is 7.58. The van der Waals surface area contributed by atoms with Crippen LogP contribution in [-0.4, -0.2) is 81.3 Å². The maximum atomic E-state index is 11.0. The zero-order chi connectivity index (χ0) is 22.8. The van der Waals surface area contributed by atoms with Gasteiger partial charge in [-0.2, -0.15) is 0 Å². The summed E-state index contributed by atoms with van der Waals surface area (Å²) in [6.07, 6.45) is 0. The molecule has 2 aromatic carbocycles. The number of benzene rings is 2. The first-order chi connectivity index (χ1) is 15.6. The van der Waals surface area contributed by atoms with E-state index in [1.54, 1.807) is 7.11 Å². The summed E-state index contributed by atoms with van der Waals surface area (Å²) in [5, 5.41) is 0. The Kier molecular flexibility index (Phi) is 9.03.